The zero-order valence-electron chi connectivity index (χ0n) is 24.2. The summed E-state index contributed by atoms with van der Waals surface area (Å²) < 4.78 is 17.2. The summed E-state index contributed by atoms with van der Waals surface area (Å²) in [6, 6.07) is 15.0. The molecule has 0 bridgehead atoms. The lowest BCUT2D eigenvalue weighted by Crippen LogP contribution is -2.40. The van der Waals surface area contributed by atoms with Crippen molar-refractivity contribution in [2.75, 3.05) is 26.6 Å². The normalized spacial score (nSPS) is 19.5. The maximum atomic E-state index is 6.32. The number of hydrogen-bond donors (Lipinski definition) is 0. The largest absolute Gasteiger partial charge is 0.497 e. The molecule has 1 aliphatic heterocycles. The molecule has 2 atom stereocenters. The Bertz CT molecular complexity index is 1080. The maximum absolute atomic E-state index is 6.32. The average molecular weight is 539 g/mol. The average Bonchev–Trinajstić information content (AvgIpc) is 2.87. The topological polar surface area (TPSA) is 27.7 Å². The van der Waals surface area contributed by atoms with Gasteiger partial charge in [-0.15, -0.1) is 17.7 Å². The van der Waals surface area contributed by atoms with Crippen LogP contribution in [0.5, 0.6) is 11.5 Å². The van der Waals surface area contributed by atoms with E-state index in [1.807, 2.05) is 11.8 Å². The molecule has 2 aromatic carbocycles. The third-order valence-electron chi connectivity index (χ3n) is 8.16. The van der Waals surface area contributed by atoms with Crippen molar-refractivity contribution in [1.82, 2.24) is 0 Å². The molecular formula is C32H46O3SSi. The van der Waals surface area contributed by atoms with Gasteiger partial charge in [-0.2, -0.15) is 0 Å². The van der Waals surface area contributed by atoms with Crippen LogP contribution in [0.25, 0.3) is 0 Å². The van der Waals surface area contributed by atoms with E-state index in [0.717, 1.165) is 43.1 Å². The Morgan fingerprint density at radius 1 is 0.946 bits per heavy atom. The molecule has 2 aromatic rings. The van der Waals surface area contributed by atoms with Gasteiger partial charge in [-0.1, -0.05) is 64.7 Å². The fourth-order valence-electron chi connectivity index (χ4n) is 4.51. The highest BCUT2D eigenvalue weighted by Crippen LogP contribution is 2.50. The number of rotatable bonds is 10. The Labute approximate surface area is 231 Å². The summed E-state index contributed by atoms with van der Waals surface area (Å²) in [5, 5.41) is 0.282. The molecule has 0 N–H and O–H groups in total. The van der Waals surface area contributed by atoms with Crippen LogP contribution in [0.15, 0.2) is 47.4 Å². The van der Waals surface area contributed by atoms with Crippen LogP contribution in [0, 0.1) is 11.8 Å². The van der Waals surface area contributed by atoms with Crippen LogP contribution in [0.1, 0.15) is 76.8 Å². The fraction of sp³-hybridized carbons (Fsp3) is 0.562. The molecule has 3 rings (SSSR count). The number of hydrogen-bond acceptors (Lipinski definition) is 4. The van der Waals surface area contributed by atoms with E-state index in [4.69, 9.17) is 13.9 Å². The number of benzene rings is 2. The predicted octanol–water partition coefficient (Wildman–Crippen LogP) is 8.83. The molecule has 0 saturated heterocycles. The van der Waals surface area contributed by atoms with Crippen LogP contribution in [0.4, 0.5) is 0 Å². The Morgan fingerprint density at radius 3 is 2.24 bits per heavy atom. The van der Waals surface area contributed by atoms with Crippen molar-refractivity contribution in [3.63, 3.8) is 0 Å². The molecule has 0 spiro atoms. The lowest BCUT2D eigenvalue weighted by atomic mass is 9.70. The third-order valence-corrected chi connectivity index (χ3v) is 14.1. The number of methoxy groups -OCH3 is 2. The monoisotopic (exact) mass is 538 g/mol. The van der Waals surface area contributed by atoms with Crippen molar-refractivity contribution in [3.05, 3.63) is 53.6 Å². The highest BCUT2D eigenvalue weighted by molar-refractivity contribution is 7.99. The summed E-state index contributed by atoms with van der Waals surface area (Å²) in [5.41, 5.74) is 2.54. The summed E-state index contributed by atoms with van der Waals surface area (Å²) in [6.45, 7) is 14.8. The van der Waals surface area contributed by atoms with E-state index in [2.05, 4.69) is 95.1 Å². The van der Waals surface area contributed by atoms with Gasteiger partial charge in [0.1, 0.15) is 11.5 Å². The fourth-order valence-corrected chi connectivity index (χ4v) is 6.93. The molecule has 37 heavy (non-hydrogen) atoms. The van der Waals surface area contributed by atoms with E-state index in [9.17, 15) is 0 Å². The Kier molecular flexibility index (Phi) is 10.3. The third kappa shape index (κ3) is 7.37. The summed E-state index contributed by atoms with van der Waals surface area (Å²) in [7, 11) is 1.82. The number of unbranched alkanes of at least 4 members (excludes halogenated alkanes) is 4. The van der Waals surface area contributed by atoms with Gasteiger partial charge in [0.25, 0.3) is 0 Å². The molecule has 0 aromatic heterocycles. The van der Waals surface area contributed by atoms with Crippen LogP contribution < -0.4 is 9.47 Å². The molecule has 5 heteroatoms. The van der Waals surface area contributed by atoms with Crippen molar-refractivity contribution in [2.24, 2.45) is 0 Å². The van der Waals surface area contributed by atoms with Gasteiger partial charge in [-0.3, -0.25) is 0 Å². The Morgan fingerprint density at radius 2 is 1.59 bits per heavy atom. The highest BCUT2D eigenvalue weighted by Gasteiger charge is 2.41. The Hall–Kier alpha value is -1.87. The first-order chi connectivity index (χ1) is 17.5. The molecule has 2 unspecified atom stereocenters. The van der Waals surface area contributed by atoms with Crippen molar-refractivity contribution in [2.45, 2.75) is 94.2 Å². The summed E-state index contributed by atoms with van der Waals surface area (Å²) in [5.74, 6) is 10.2. The molecular weight excluding hydrogens is 493 g/mol. The number of thioether (sulfide) groups is 1. The molecule has 1 heterocycles. The van der Waals surface area contributed by atoms with E-state index in [1.54, 1.807) is 14.2 Å². The van der Waals surface area contributed by atoms with E-state index in [0.29, 0.717) is 0 Å². The minimum absolute atomic E-state index is 0.0768. The summed E-state index contributed by atoms with van der Waals surface area (Å²) in [4.78, 5) is 1.28. The van der Waals surface area contributed by atoms with Crippen molar-refractivity contribution < 1.29 is 13.9 Å². The van der Waals surface area contributed by atoms with Gasteiger partial charge in [0.15, 0.2) is 8.32 Å². The Balaban J connectivity index is 1.64. The van der Waals surface area contributed by atoms with E-state index in [-0.39, 0.29) is 16.4 Å². The molecule has 3 nitrogen and oxygen atoms in total. The predicted molar refractivity (Wildman–Crippen MR) is 161 cm³/mol. The quantitative estimate of drug-likeness (QED) is 0.172. The van der Waals surface area contributed by atoms with E-state index in [1.165, 1.54) is 28.9 Å². The van der Waals surface area contributed by atoms with E-state index < -0.39 is 8.32 Å². The second kappa shape index (κ2) is 12.8. The zero-order chi connectivity index (χ0) is 27.1. The molecule has 202 valence electrons. The second-order valence-corrected chi connectivity index (χ2v) is 17.7. The molecule has 1 aliphatic rings. The first kappa shape index (κ1) is 29.7. The second-order valence-electron chi connectivity index (χ2n) is 11.9. The molecule has 0 amide bonds. The van der Waals surface area contributed by atoms with Crippen LogP contribution >= 0.6 is 11.8 Å². The van der Waals surface area contributed by atoms with Crippen LogP contribution in [-0.2, 0) is 9.84 Å². The molecule has 0 radical (unpaired) electrons. The summed E-state index contributed by atoms with van der Waals surface area (Å²) >= 11 is 1.90. The van der Waals surface area contributed by atoms with Crippen molar-refractivity contribution in [1.29, 1.82) is 0 Å². The first-order valence-corrected chi connectivity index (χ1v) is 17.5. The first-order valence-electron chi connectivity index (χ1n) is 13.6. The molecule has 0 aliphatic carbocycles. The van der Waals surface area contributed by atoms with E-state index >= 15 is 0 Å². The molecule has 0 saturated carbocycles. The minimum Gasteiger partial charge on any atom is -0.497 e. The van der Waals surface area contributed by atoms with Crippen molar-refractivity contribution >= 4 is 20.1 Å². The number of fused-ring (bicyclic) bond motifs is 1. The lowest BCUT2D eigenvalue weighted by molar-refractivity contribution is 0.277. The molecule has 0 fully saturated rings. The lowest BCUT2D eigenvalue weighted by Gasteiger charge is -2.40. The van der Waals surface area contributed by atoms with Crippen LogP contribution in [0.2, 0.25) is 18.1 Å². The van der Waals surface area contributed by atoms with Gasteiger partial charge in [-0.05, 0) is 66.4 Å². The van der Waals surface area contributed by atoms with Gasteiger partial charge < -0.3 is 13.9 Å². The minimum atomic E-state index is -1.63. The highest BCUT2D eigenvalue weighted by atomic mass is 32.2. The maximum Gasteiger partial charge on any atom is 0.191 e. The number of ether oxygens (including phenoxy) is 2. The standard InChI is InChI=1S/C32H46O3SSi/c1-31(2,3)37(7,8)35-22-14-12-10-9-11-13-15-29-28-21-20-27(34-6)23-30(28)36-24-32(29,4)25-16-18-26(33-5)19-17-25/h16-21,23,29H,9-12,14,22,24H2,1-8H3. The summed E-state index contributed by atoms with van der Waals surface area (Å²) in [6.07, 6.45) is 5.65. The van der Waals surface area contributed by atoms with Gasteiger partial charge in [0.05, 0.1) is 20.1 Å². The van der Waals surface area contributed by atoms with Gasteiger partial charge >= 0.3 is 0 Å². The van der Waals surface area contributed by atoms with Crippen molar-refractivity contribution in [3.8, 4) is 23.3 Å². The van der Waals surface area contributed by atoms with Crippen LogP contribution in [0.3, 0.4) is 0 Å². The SMILES string of the molecule is COc1ccc(C2(C)CSc3cc(OC)ccc3C2C#CCCCCCCO[Si](C)(C)C(C)(C)C)cc1. The smallest absolute Gasteiger partial charge is 0.191 e. The van der Waals surface area contributed by atoms with Gasteiger partial charge in [0, 0.05) is 29.1 Å². The zero-order valence-corrected chi connectivity index (χ0v) is 26.0. The van der Waals surface area contributed by atoms with Gasteiger partial charge in [0.2, 0.25) is 0 Å². The van der Waals surface area contributed by atoms with Crippen LogP contribution in [-0.4, -0.2) is 34.9 Å². The van der Waals surface area contributed by atoms with Gasteiger partial charge in [-0.25, -0.2) is 0 Å².